The quantitative estimate of drug-likeness (QED) is 0.872. The number of aryl methyl sites for hydroxylation is 2. The zero-order valence-electron chi connectivity index (χ0n) is 12.3. The number of carbonyl (C=O) groups is 1. The van der Waals surface area contributed by atoms with Crippen LogP contribution in [-0.4, -0.2) is 5.91 Å². The average Bonchev–Trinajstić information content (AvgIpc) is 2.44. The van der Waals surface area contributed by atoms with Crippen molar-refractivity contribution in [1.29, 1.82) is 0 Å². The van der Waals surface area contributed by atoms with Gasteiger partial charge in [0.05, 0.1) is 0 Å². The summed E-state index contributed by atoms with van der Waals surface area (Å²) in [5, 5.41) is 3.04. The summed E-state index contributed by atoms with van der Waals surface area (Å²) in [5.74, 6) is 0.291. The summed E-state index contributed by atoms with van der Waals surface area (Å²) in [6.07, 6.45) is 0.498. The zero-order valence-corrected chi connectivity index (χ0v) is 12.3. The van der Waals surface area contributed by atoms with Gasteiger partial charge in [-0.1, -0.05) is 55.5 Å². The summed E-state index contributed by atoms with van der Waals surface area (Å²) in [6.45, 7) is 6.12. The van der Waals surface area contributed by atoms with E-state index in [1.54, 1.807) is 0 Å². The van der Waals surface area contributed by atoms with Crippen molar-refractivity contribution in [3.8, 4) is 0 Å². The highest BCUT2D eigenvalue weighted by molar-refractivity contribution is 5.92. The minimum absolute atomic E-state index is 0.0683. The summed E-state index contributed by atoms with van der Waals surface area (Å²) >= 11 is 0. The maximum atomic E-state index is 12.2. The topological polar surface area (TPSA) is 29.1 Å². The van der Waals surface area contributed by atoms with Gasteiger partial charge in [-0.25, -0.2) is 0 Å². The van der Waals surface area contributed by atoms with Crippen LogP contribution < -0.4 is 5.32 Å². The lowest BCUT2D eigenvalue weighted by atomic mass is 9.97. The fourth-order valence-electron chi connectivity index (χ4n) is 2.38. The van der Waals surface area contributed by atoms with Crippen molar-refractivity contribution in [1.82, 2.24) is 0 Å². The normalized spacial score (nSPS) is 11.9. The van der Waals surface area contributed by atoms with Crippen molar-refractivity contribution in [2.45, 2.75) is 33.1 Å². The molecule has 2 aromatic rings. The summed E-state index contributed by atoms with van der Waals surface area (Å²) in [6, 6.07) is 16.2. The first-order valence-electron chi connectivity index (χ1n) is 6.99. The van der Waals surface area contributed by atoms with Crippen LogP contribution in [0.15, 0.2) is 48.5 Å². The second-order valence-electron chi connectivity index (χ2n) is 5.33. The molecule has 0 fully saturated rings. The Morgan fingerprint density at radius 2 is 1.60 bits per heavy atom. The lowest BCUT2D eigenvalue weighted by Crippen LogP contribution is -2.15. The van der Waals surface area contributed by atoms with Crippen LogP contribution in [0.1, 0.15) is 36.0 Å². The smallest absolute Gasteiger partial charge is 0.224 e. The maximum absolute atomic E-state index is 12.2. The third-order valence-corrected chi connectivity index (χ3v) is 3.61. The third kappa shape index (κ3) is 3.47. The van der Waals surface area contributed by atoms with Gasteiger partial charge in [0, 0.05) is 12.1 Å². The largest absolute Gasteiger partial charge is 0.326 e. The summed E-state index contributed by atoms with van der Waals surface area (Å²) in [5.41, 5.74) is 4.35. The Labute approximate surface area is 120 Å². The molecule has 104 valence electrons. The molecular formula is C18H21NO. The summed E-state index contributed by atoms with van der Waals surface area (Å²) in [7, 11) is 0. The van der Waals surface area contributed by atoms with Crippen LogP contribution in [0.5, 0.6) is 0 Å². The van der Waals surface area contributed by atoms with Gasteiger partial charge in [0.25, 0.3) is 0 Å². The Bertz CT molecular complexity index is 569. The van der Waals surface area contributed by atoms with Crippen LogP contribution in [0, 0.1) is 13.8 Å². The number of amides is 1. The Morgan fingerprint density at radius 3 is 2.20 bits per heavy atom. The highest BCUT2D eigenvalue weighted by Gasteiger charge is 2.12. The van der Waals surface area contributed by atoms with E-state index in [0.717, 1.165) is 16.8 Å². The van der Waals surface area contributed by atoms with Crippen molar-refractivity contribution in [2.24, 2.45) is 0 Å². The van der Waals surface area contributed by atoms with Gasteiger partial charge >= 0.3 is 0 Å². The predicted molar refractivity (Wildman–Crippen MR) is 84.0 cm³/mol. The van der Waals surface area contributed by atoms with Gasteiger partial charge < -0.3 is 5.32 Å². The zero-order chi connectivity index (χ0) is 14.5. The standard InChI is InChI=1S/C18H21NO/c1-13-8-7-9-14(2)18(13)19-17(20)12-15(3)16-10-5-4-6-11-16/h4-11,15H,12H2,1-3H3,(H,19,20)/t15-/m0/s1. The van der Waals surface area contributed by atoms with Crippen LogP contribution in [0.2, 0.25) is 0 Å². The van der Waals surface area contributed by atoms with Gasteiger partial charge in [-0.3, -0.25) is 4.79 Å². The predicted octanol–water partition coefficient (Wildman–Crippen LogP) is 4.44. The van der Waals surface area contributed by atoms with E-state index in [0.29, 0.717) is 6.42 Å². The number of anilines is 1. The fourth-order valence-corrected chi connectivity index (χ4v) is 2.38. The first-order valence-corrected chi connectivity index (χ1v) is 6.99. The minimum atomic E-state index is 0.0683. The van der Waals surface area contributed by atoms with Gasteiger partial charge in [0.15, 0.2) is 0 Å². The Balaban J connectivity index is 2.03. The van der Waals surface area contributed by atoms with Crippen molar-refractivity contribution in [3.05, 3.63) is 65.2 Å². The van der Waals surface area contributed by atoms with E-state index in [1.807, 2.05) is 50.2 Å². The number of para-hydroxylation sites is 1. The molecule has 0 aliphatic heterocycles. The van der Waals surface area contributed by atoms with E-state index in [-0.39, 0.29) is 11.8 Å². The Kier molecular flexibility index (Phi) is 4.57. The van der Waals surface area contributed by atoms with Gasteiger partial charge in [0.2, 0.25) is 5.91 Å². The molecule has 0 radical (unpaired) electrons. The molecule has 0 saturated heterocycles. The third-order valence-electron chi connectivity index (χ3n) is 3.61. The molecule has 0 aliphatic rings. The van der Waals surface area contributed by atoms with Crippen LogP contribution in [0.3, 0.4) is 0 Å². The summed E-state index contributed by atoms with van der Waals surface area (Å²) in [4.78, 5) is 12.2. The van der Waals surface area contributed by atoms with E-state index in [2.05, 4.69) is 24.4 Å². The molecule has 0 aromatic heterocycles. The number of nitrogens with one attached hydrogen (secondary N) is 1. The average molecular weight is 267 g/mol. The second kappa shape index (κ2) is 6.38. The molecule has 2 heteroatoms. The summed E-state index contributed by atoms with van der Waals surface area (Å²) < 4.78 is 0. The van der Waals surface area contributed by atoms with E-state index >= 15 is 0 Å². The SMILES string of the molecule is Cc1cccc(C)c1NC(=O)C[C@H](C)c1ccccc1. The van der Waals surface area contributed by atoms with E-state index < -0.39 is 0 Å². The molecule has 0 spiro atoms. The molecular weight excluding hydrogens is 246 g/mol. The van der Waals surface area contributed by atoms with Crippen LogP contribution in [0.4, 0.5) is 5.69 Å². The highest BCUT2D eigenvalue weighted by Crippen LogP contribution is 2.22. The molecule has 2 nitrogen and oxygen atoms in total. The Morgan fingerprint density at radius 1 is 1.00 bits per heavy atom. The van der Waals surface area contributed by atoms with Gasteiger partial charge in [-0.2, -0.15) is 0 Å². The molecule has 20 heavy (non-hydrogen) atoms. The first kappa shape index (κ1) is 14.3. The molecule has 0 bridgehead atoms. The molecule has 2 rings (SSSR count). The number of hydrogen-bond acceptors (Lipinski definition) is 1. The molecule has 1 atom stereocenters. The van der Waals surface area contributed by atoms with E-state index in [1.165, 1.54) is 5.56 Å². The monoisotopic (exact) mass is 267 g/mol. The van der Waals surface area contributed by atoms with Crippen molar-refractivity contribution in [3.63, 3.8) is 0 Å². The van der Waals surface area contributed by atoms with Crippen LogP contribution in [0.25, 0.3) is 0 Å². The highest BCUT2D eigenvalue weighted by atomic mass is 16.1. The first-order chi connectivity index (χ1) is 9.58. The molecule has 0 saturated carbocycles. The number of benzene rings is 2. The second-order valence-corrected chi connectivity index (χ2v) is 5.33. The van der Waals surface area contributed by atoms with Crippen LogP contribution in [-0.2, 0) is 4.79 Å². The lowest BCUT2D eigenvalue weighted by molar-refractivity contribution is -0.116. The van der Waals surface area contributed by atoms with Crippen molar-refractivity contribution < 1.29 is 4.79 Å². The molecule has 1 N–H and O–H groups in total. The van der Waals surface area contributed by atoms with Gasteiger partial charge in [-0.15, -0.1) is 0 Å². The van der Waals surface area contributed by atoms with Crippen molar-refractivity contribution >= 4 is 11.6 Å². The van der Waals surface area contributed by atoms with E-state index in [9.17, 15) is 4.79 Å². The number of rotatable bonds is 4. The molecule has 0 heterocycles. The molecule has 0 unspecified atom stereocenters. The van der Waals surface area contributed by atoms with E-state index in [4.69, 9.17) is 0 Å². The fraction of sp³-hybridized carbons (Fsp3) is 0.278. The van der Waals surface area contributed by atoms with Gasteiger partial charge in [-0.05, 0) is 36.5 Å². The maximum Gasteiger partial charge on any atom is 0.224 e. The molecule has 2 aromatic carbocycles. The minimum Gasteiger partial charge on any atom is -0.326 e. The molecule has 1 amide bonds. The number of carbonyl (C=O) groups excluding carboxylic acids is 1. The molecule has 0 aliphatic carbocycles. The number of hydrogen-bond donors (Lipinski definition) is 1. The van der Waals surface area contributed by atoms with Crippen molar-refractivity contribution in [2.75, 3.05) is 5.32 Å². The van der Waals surface area contributed by atoms with Crippen LogP contribution >= 0.6 is 0 Å². The Hall–Kier alpha value is -2.09. The lowest BCUT2D eigenvalue weighted by Gasteiger charge is -2.14. The van der Waals surface area contributed by atoms with Gasteiger partial charge in [0.1, 0.15) is 0 Å².